The summed E-state index contributed by atoms with van der Waals surface area (Å²) >= 11 is 0. The molecule has 2 heteroatoms. The van der Waals surface area contributed by atoms with Gasteiger partial charge in [0.15, 0.2) is 0 Å². The summed E-state index contributed by atoms with van der Waals surface area (Å²) in [6.07, 6.45) is 0. The smallest absolute Gasteiger partial charge is 0.104 e. The molecule has 0 nitrogen and oxygen atoms in total. The molecule has 0 N–H and O–H groups in total. The Morgan fingerprint density at radius 1 is 0.708 bits per heavy atom. The van der Waals surface area contributed by atoms with Crippen molar-refractivity contribution in [1.29, 1.82) is 0 Å². The highest BCUT2D eigenvalue weighted by atomic mass is 28.3. The van der Waals surface area contributed by atoms with Gasteiger partial charge >= 0.3 is 0 Å². The summed E-state index contributed by atoms with van der Waals surface area (Å²) in [5.41, 5.74) is 4.34. The van der Waals surface area contributed by atoms with Crippen LogP contribution in [0.25, 0.3) is 21.5 Å². The largest absolute Gasteiger partial charge is 0.107 e. The second-order valence-electron chi connectivity index (χ2n) is 7.79. The zero-order valence-corrected chi connectivity index (χ0v) is 17.2. The molecule has 122 valence electrons. The van der Waals surface area contributed by atoms with E-state index in [0.717, 1.165) is 0 Å². The molecule has 3 rings (SSSR count). The van der Waals surface area contributed by atoms with Gasteiger partial charge in [-0.3, -0.25) is 0 Å². The van der Waals surface area contributed by atoms with Crippen LogP contribution in [0, 0.1) is 0 Å². The number of hydrogen-bond donors (Lipinski definition) is 0. The zero-order valence-electron chi connectivity index (χ0n) is 15.2. The first kappa shape index (κ1) is 16.9. The van der Waals surface area contributed by atoms with E-state index >= 15 is 0 Å². The number of hydrogen-bond acceptors (Lipinski definition) is 0. The fourth-order valence-electron chi connectivity index (χ4n) is 3.21. The predicted molar refractivity (Wildman–Crippen MR) is 116 cm³/mol. The molecule has 0 heterocycles. The minimum atomic E-state index is -1.61. The Morgan fingerprint density at radius 3 is 2.08 bits per heavy atom. The second kappa shape index (κ2) is 5.87. The van der Waals surface area contributed by atoms with Crippen molar-refractivity contribution in [3.05, 3.63) is 73.1 Å². The minimum Gasteiger partial charge on any atom is -0.107 e. The molecule has 3 aromatic rings. The summed E-state index contributed by atoms with van der Waals surface area (Å²) in [5, 5.41) is 8.29. The topological polar surface area (TPSA) is 0 Å². The molecule has 0 aliphatic heterocycles. The molecule has 24 heavy (non-hydrogen) atoms. The number of benzene rings is 3. The van der Waals surface area contributed by atoms with Crippen molar-refractivity contribution in [3.8, 4) is 0 Å². The van der Waals surface area contributed by atoms with Gasteiger partial charge in [-0.1, -0.05) is 79.2 Å². The molecular formula is C22H26Si2. The maximum atomic E-state index is 4.09. The number of fused-ring (bicyclic) bond motifs is 2. The highest BCUT2D eigenvalue weighted by Gasteiger charge is 2.22. The summed E-state index contributed by atoms with van der Waals surface area (Å²) in [5.74, 6) is 0. The van der Waals surface area contributed by atoms with E-state index < -0.39 is 16.1 Å². The minimum absolute atomic E-state index is 1.32. The monoisotopic (exact) mass is 346 g/mol. The van der Waals surface area contributed by atoms with Crippen molar-refractivity contribution in [2.75, 3.05) is 0 Å². The van der Waals surface area contributed by atoms with Crippen LogP contribution < -0.4 is 10.4 Å². The van der Waals surface area contributed by atoms with Crippen molar-refractivity contribution < 1.29 is 0 Å². The lowest BCUT2D eigenvalue weighted by molar-refractivity contribution is 1.74. The second-order valence-corrected chi connectivity index (χ2v) is 16.6. The fraction of sp³-hybridized carbons (Fsp3) is 0.182. The summed E-state index contributed by atoms with van der Waals surface area (Å²) in [6.45, 7) is 17.6. The van der Waals surface area contributed by atoms with Crippen LogP contribution in [0.1, 0.15) is 0 Å². The van der Waals surface area contributed by atoms with Gasteiger partial charge in [0.2, 0.25) is 0 Å². The quantitative estimate of drug-likeness (QED) is 0.446. The molecule has 0 amide bonds. The Labute approximate surface area is 147 Å². The molecule has 0 aliphatic rings. The van der Waals surface area contributed by atoms with Gasteiger partial charge in [-0.15, -0.1) is 13.2 Å². The van der Waals surface area contributed by atoms with Gasteiger partial charge in [0.1, 0.15) is 16.1 Å². The Bertz CT molecular complexity index is 949. The number of rotatable bonds is 4. The van der Waals surface area contributed by atoms with E-state index in [1.54, 1.807) is 0 Å². The lowest BCUT2D eigenvalue weighted by Crippen LogP contribution is -2.40. The van der Waals surface area contributed by atoms with Gasteiger partial charge in [0.25, 0.3) is 0 Å². The third-order valence-electron chi connectivity index (χ3n) is 5.30. The SMILES string of the molecule is C=C[Si](C)(C)c1ccc2cc3cccc([Si](C)(C)C=C)c3cc2c1. The van der Waals surface area contributed by atoms with Gasteiger partial charge < -0.3 is 0 Å². The predicted octanol–water partition coefficient (Wildman–Crippen LogP) is 5.27. The molecule has 0 atom stereocenters. The third kappa shape index (κ3) is 2.81. The van der Waals surface area contributed by atoms with E-state index in [1.165, 1.54) is 31.9 Å². The lowest BCUT2D eigenvalue weighted by Gasteiger charge is -2.21. The fourth-order valence-corrected chi connectivity index (χ4v) is 6.15. The molecule has 0 aliphatic carbocycles. The van der Waals surface area contributed by atoms with E-state index in [1.807, 2.05) is 0 Å². The summed E-state index contributed by atoms with van der Waals surface area (Å²) in [4.78, 5) is 0. The third-order valence-corrected chi connectivity index (χ3v) is 11.0. The van der Waals surface area contributed by atoms with Crippen molar-refractivity contribution in [2.45, 2.75) is 26.2 Å². The first-order chi connectivity index (χ1) is 11.3. The molecule has 0 unspecified atom stereocenters. The molecule has 0 aromatic heterocycles. The maximum Gasteiger partial charge on any atom is 0.104 e. The van der Waals surface area contributed by atoms with Gasteiger partial charge in [-0.25, -0.2) is 0 Å². The summed E-state index contributed by atoms with van der Waals surface area (Å²) in [6, 6.07) is 18.3. The van der Waals surface area contributed by atoms with Crippen LogP contribution in [0.5, 0.6) is 0 Å². The van der Waals surface area contributed by atoms with E-state index in [2.05, 4.69) is 99.3 Å². The average Bonchev–Trinajstić information content (AvgIpc) is 2.58. The Balaban J connectivity index is 2.33. The molecular weight excluding hydrogens is 320 g/mol. The van der Waals surface area contributed by atoms with E-state index in [0.29, 0.717) is 0 Å². The summed E-state index contributed by atoms with van der Waals surface area (Å²) in [7, 11) is -3.14. The van der Waals surface area contributed by atoms with Crippen LogP contribution in [0.2, 0.25) is 26.2 Å². The average molecular weight is 347 g/mol. The summed E-state index contributed by atoms with van der Waals surface area (Å²) < 4.78 is 0. The first-order valence-electron chi connectivity index (χ1n) is 8.53. The van der Waals surface area contributed by atoms with Gasteiger partial charge in [0, 0.05) is 0 Å². The maximum absolute atomic E-state index is 4.09. The van der Waals surface area contributed by atoms with Crippen LogP contribution in [0.15, 0.2) is 73.1 Å². The Kier molecular flexibility index (Phi) is 4.14. The highest BCUT2D eigenvalue weighted by molar-refractivity contribution is 6.95. The molecule has 0 spiro atoms. The van der Waals surface area contributed by atoms with Gasteiger partial charge in [-0.2, -0.15) is 0 Å². The molecule has 0 fully saturated rings. The van der Waals surface area contributed by atoms with E-state index in [9.17, 15) is 0 Å². The molecule has 0 bridgehead atoms. The van der Waals surface area contributed by atoms with Crippen LogP contribution in [-0.2, 0) is 0 Å². The standard InChI is InChI=1S/C22H26Si2/c1-7-23(3,4)20-13-12-17-14-18-10-9-11-22(24(5,6)8-2)21(18)16-19(17)15-20/h7-16H,1-2H2,3-6H3. The van der Waals surface area contributed by atoms with Crippen LogP contribution in [0.3, 0.4) is 0 Å². The van der Waals surface area contributed by atoms with E-state index in [-0.39, 0.29) is 0 Å². The molecule has 0 saturated heterocycles. The van der Waals surface area contributed by atoms with Crippen LogP contribution >= 0.6 is 0 Å². The van der Waals surface area contributed by atoms with E-state index in [4.69, 9.17) is 0 Å². The van der Waals surface area contributed by atoms with Crippen molar-refractivity contribution in [3.63, 3.8) is 0 Å². The Morgan fingerprint density at radius 2 is 1.42 bits per heavy atom. The van der Waals surface area contributed by atoms with Crippen molar-refractivity contribution in [2.24, 2.45) is 0 Å². The van der Waals surface area contributed by atoms with Crippen LogP contribution in [0.4, 0.5) is 0 Å². The zero-order chi connectivity index (χ0) is 17.5. The van der Waals surface area contributed by atoms with Crippen LogP contribution in [-0.4, -0.2) is 16.1 Å². The highest BCUT2D eigenvalue weighted by Crippen LogP contribution is 2.24. The molecule has 0 saturated carbocycles. The normalized spacial score (nSPS) is 12.5. The lowest BCUT2D eigenvalue weighted by atomic mass is 10.0. The van der Waals surface area contributed by atoms with Gasteiger partial charge in [0.05, 0.1) is 0 Å². The molecule has 0 radical (unpaired) electrons. The van der Waals surface area contributed by atoms with Gasteiger partial charge in [-0.05, 0) is 38.9 Å². The first-order valence-corrected chi connectivity index (χ1v) is 14.7. The Hall–Kier alpha value is -1.91. The van der Waals surface area contributed by atoms with Crippen molar-refractivity contribution >= 4 is 48.1 Å². The van der Waals surface area contributed by atoms with Crippen molar-refractivity contribution in [1.82, 2.24) is 0 Å². The molecule has 3 aromatic carbocycles.